The number of hydrogen-bond donors (Lipinski definition) is 3. The third-order valence-electron chi connectivity index (χ3n) is 22.2. The maximum Gasteiger partial charge on any atom is 0.419 e. The molecule has 101 heavy (non-hydrogen) atoms. The minimum Gasteiger partial charge on any atom is -0.347 e. The minimum atomic E-state index is -5.08. The zero-order chi connectivity index (χ0) is 75.1. The van der Waals surface area contributed by atoms with E-state index in [1.807, 2.05) is 20.8 Å². The summed E-state index contributed by atoms with van der Waals surface area (Å²) in [4.78, 5) is 189. The summed E-state index contributed by atoms with van der Waals surface area (Å²) in [6, 6.07) is -10.8. The van der Waals surface area contributed by atoms with Gasteiger partial charge in [0.05, 0.1) is 25.1 Å². The van der Waals surface area contributed by atoms with E-state index in [9.17, 15) is 56.3 Å². The smallest absolute Gasteiger partial charge is 0.347 e. The van der Waals surface area contributed by atoms with Gasteiger partial charge in [0.1, 0.15) is 65.7 Å². The molecule has 564 valence electrons. The molecule has 3 saturated carbocycles. The van der Waals surface area contributed by atoms with Gasteiger partial charge in [-0.2, -0.15) is 13.2 Å². The molecule has 12 amide bonds. The zero-order valence-corrected chi connectivity index (χ0v) is 60.9. The molecule has 1 aromatic carbocycles. The van der Waals surface area contributed by atoms with E-state index in [0.29, 0.717) is 74.8 Å². The summed E-state index contributed by atoms with van der Waals surface area (Å²) in [5, 5.41) is 8.12. The number of nitrogens with one attached hydrogen (secondary N) is 3. The van der Waals surface area contributed by atoms with Gasteiger partial charge in [-0.3, -0.25) is 57.5 Å². The maximum absolute atomic E-state index is 16.1. The lowest BCUT2D eigenvalue weighted by atomic mass is 9.84. The number of likely N-dealkylation sites (N-methyl/N-ethyl adjacent to an activating group) is 7. The Morgan fingerprint density at radius 2 is 1.31 bits per heavy atom. The molecule has 3 heterocycles. The van der Waals surface area contributed by atoms with Crippen LogP contribution in [0.5, 0.6) is 0 Å². The van der Waals surface area contributed by atoms with Gasteiger partial charge in [0.15, 0.2) is 0 Å². The van der Waals surface area contributed by atoms with Crippen molar-refractivity contribution < 1.29 is 83.9 Å². The highest BCUT2D eigenvalue weighted by atomic mass is 19.4. The Morgan fingerprint density at radius 1 is 0.683 bits per heavy atom. The Hall–Kier alpha value is -7.56. The first-order valence-electron chi connectivity index (χ1n) is 35.8. The topological polar surface area (TPSA) is 270 Å². The highest BCUT2D eigenvalue weighted by molar-refractivity contribution is 6.01. The number of carbonyl (C=O) groups excluding carboxylic acids is 12. The second-order valence-electron chi connectivity index (χ2n) is 30.0. The van der Waals surface area contributed by atoms with Crippen LogP contribution >= 0.6 is 0 Å². The van der Waals surface area contributed by atoms with Crippen molar-refractivity contribution in [3.05, 3.63) is 35.1 Å². The predicted molar refractivity (Wildman–Crippen MR) is 360 cm³/mol. The Kier molecular flexibility index (Phi) is 26.9. The van der Waals surface area contributed by atoms with Crippen LogP contribution in [0.25, 0.3) is 0 Å². The minimum absolute atomic E-state index is 0.0467. The molecule has 6 fully saturated rings. The SMILES string of the molecule is CC[C@H](C)[C@@H]1NC(=O)[C@H](CC(C)C)N(C)C(=O)C[C@@H](C(=O)N(C)C)N(C)C(=O)[C@H](C2CCCC2)N(C)C(=O)C2(CCCC2)NC(=O)[C@@H]2CC(F)(F)CN2C(=O)[C@H](CCc2ccc(C(F)(F)F)c(F)c2)NC(=O)CN(C)C(=O)[C@H](CC2CCCCC2)N(C)C(=O)[C@@H]2CCN2C(=O)[C@H](C)N(C)C1=O. The molecule has 24 nitrogen and oxygen atoms in total. The number of alkyl halides is 5. The van der Waals surface area contributed by atoms with Crippen LogP contribution in [0.2, 0.25) is 0 Å². The maximum atomic E-state index is 16.1. The summed E-state index contributed by atoms with van der Waals surface area (Å²) >= 11 is 0. The van der Waals surface area contributed by atoms with Crippen LogP contribution in [-0.2, 0) is 70.1 Å². The second kappa shape index (κ2) is 33.7. The van der Waals surface area contributed by atoms with Gasteiger partial charge >= 0.3 is 6.18 Å². The molecule has 10 atom stereocenters. The van der Waals surface area contributed by atoms with Gasteiger partial charge in [0.2, 0.25) is 70.9 Å². The van der Waals surface area contributed by atoms with Crippen molar-refractivity contribution in [3.63, 3.8) is 0 Å². The molecular weight excluding hydrogens is 1330 g/mol. The van der Waals surface area contributed by atoms with Crippen LogP contribution in [0, 0.1) is 29.5 Å². The van der Waals surface area contributed by atoms with E-state index in [1.54, 1.807) is 6.92 Å². The fourth-order valence-corrected chi connectivity index (χ4v) is 15.5. The highest BCUT2D eigenvalue weighted by Gasteiger charge is 2.56. The largest absolute Gasteiger partial charge is 0.419 e. The normalized spacial score (nSPS) is 28.2. The Bertz CT molecular complexity index is 3230. The lowest BCUT2D eigenvalue weighted by molar-refractivity contribution is -0.160. The Morgan fingerprint density at radius 3 is 1.87 bits per heavy atom. The fraction of sp³-hybridized carbons (Fsp3) is 0.746. The van der Waals surface area contributed by atoms with Crippen molar-refractivity contribution in [2.24, 2.45) is 23.7 Å². The molecule has 3 aliphatic heterocycles. The monoisotopic (exact) mass is 1430 g/mol. The van der Waals surface area contributed by atoms with Crippen molar-refractivity contribution in [2.75, 3.05) is 76.0 Å². The number of carbonyl (C=O) groups is 12. The van der Waals surface area contributed by atoms with Crippen molar-refractivity contribution in [1.82, 2.24) is 60.0 Å². The van der Waals surface area contributed by atoms with Gasteiger partial charge in [-0.15, -0.1) is 0 Å². The summed E-state index contributed by atoms with van der Waals surface area (Å²) in [6.07, 6.45) is -0.447. The van der Waals surface area contributed by atoms with Gasteiger partial charge in [0, 0.05) is 69.3 Å². The first-order chi connectivity index (χ1) is 47.3. The number of halogens is 6. The highest BCUT2D eigenvalue weighted by Crippen LogP contribution is 2.40. The third-order valence-corrected chi connectivity index (χ3v) is 22.2. The quantitative estimate of drug-likeness (QED) is 0.236. The number of rotatable bonds is 11. The standard InChI is InChI=1S/C71H106F6N12O12/c1-14-42(4)57-66(99)83(9)43(5)61(94)88-33-30-50(88)65(98)85(11)52(36-44-22-16-15-17-23-44)64(97)82(8)39-55(90)78-49(29-27-45-26-28-47(48(72)35-45)71(75,76)77)62(95)89-40-70(73,74)38-54(89)60(93)80-69(31-20-21-32-69)68(101)87(13)58(46-24-18-19-25-46)67(100)86(12)53(63(96)81(6)7)37-56(91)84(10)51(34-41(2)3)59(92)79-57/h26,28,35,41-44,46,49-54,57-58H,14-25,27,29-34,36-40H2,1-13H3,(H,78,90)(H,79,92)(H,80,93)/t42-,43-,49-,50-,51-,52-,53-,54-,57-,58-/m0/s1. The van der Waals surface area contributed by atoms with Crippen molar-refractivity contribution in [1.29, 1.82) is 0 Å². The van der Waals surface area contributed by atoms with Crippen LogP contribution < -0.4 is 16.0 Å². The van der Waals surface area contributed by atoms with Crippen LogP contribution in [0.3, 0.4) is 0 Å². The number of aryl methyl sites for hydroxylation is 1. The molecule has 1 aromatic rings. The lowest BCUT2D eigenvalue weighted by Crippen LogP contribution is -2.65. The number of benzene rings is 1. The number of fused-ring (bicyclic) bond motifs is 2. The average Bonchev–Trinajstić information content (AvgIpc) is 1.38. The molecule has 0 radical (unpaired) electrons. The molecular formula is C71H106F6N12O12. The van der Waals surface area contributed by atoms with Crippen LogP contribution in [0.4, 0.5) is 26.3 Å². The fourth-order valence-electron chi connectivity index (χ4n) is 15.5. The lowest BCUT2D eigenvalue weighted by Gasteiger charge is -2.45. The molecule has 7 rings (SSSR count). The van der Waals surface area contributed by atoms with E-state index in [4.69, 9.17) is 0 Å². The zero-order valence-electron chi connectivity index (χ0n) is 60.9. The van der Waals surface area contributed by atoms with Crippen LogP contribution in [0.1, 0.15) is 174 Å². The molecule has 3 saturated heterocycles. The van der Waals surface area contributed by atoms with Crippen LogP contribution in [0.15, 0.2) is 18.2 Å². The number of nitrogens with zero attached hydrogens (tertiary/aromatic N) is 9. The molecule has 3 N–H and O–H groups in total. The number of hydrogen-bond acceptors (Lipinski definition) is 12. The van der Waals surface area contributed by atoms with E-state index >= 15 is 27.6 Å². The first kappa shape index (κ1) is 80.7. The molecule has 1 spiro atoms. The van der Waals surface area contributed by atoms with Crippen molar-refractivity contribution in [3.8, 4) is 0 Å². The molecule has 0 aromatic heterocycles. The Balaban J connectivity index is 1.31. The molecule has 0 unspecified atom stereocenters. The van der Waals surface area contributed by atoms with Crippen molar-refractivity contribution >= 4 is 70.9 Å². The van der Waals surface area contributed by atoms with E-state index < -0.39 is 205 Å². The summed E-state index contributed by atoms with van der Waals surface area (Å²) in [5.74, 6) is -16.6. The van der Waals surface area contributed by atoms with E-state index in [0.717, 1.165) is 35.1 Å². The van der Waals surface area contributed by atoms with Crippen molar-refractivity contribution in [2.45, 2.75) is 241 Å². The molecule has 30 heteroatoms. The molecule has 3 aliphatic carbocycles. The average molecular weight is 1430 g/mol. The van der Waals surface area contributed by atoms with Gasteiger partial charge in [-0.1, -0.05) is 98.0 Å². The van der Waals surface area contributed by atoms with Gasteiger partial charge < -0.3 is 60.0 Å². The van der Waals surface area contributed by atoms with Gasteiger partial charge in [-0.05, 0) is 106 Å². The van der Waals surface area contributed by atoms with Gasteiger partial charge in [-0.25, -0.2) is 13.2 Å². The second-order valence-corrected chi connectivity index (χ2v) is 30.0. The summed E-state index contributed by atoms with van der Waals surface area (Å²) in [6.45, 7) is 6.57. The summed E-state index contributed by atoms with van der Waals surface area (Å²) in [7, 11) is 11.0. The van der Waals surface area contributed by atoms with Gasteiger partial charge in [0.25, 0.3) is 5.92 Å². The third kappa shape index (κ3) is 18.8. The molecule has 0 bridgehead atoms. The number of amides is 12. The Labute approximate surface area is 589 Å². The predicted octanol–water partition coefficient (Wildman–Crippen LogP) is 5.37. The van der Waals surface area contributed by atoms with E-state index in [-0.39, 0.29) is 56.0 Å². The van der Waals surface area contributed by atoms with E-state index in [2.05, 4.69) is 16.0 Å². The van der Waals surface area contributed by atoms with E-state index in [1.165, 1.54) is 92.7 Å². The first-order valence-corrected chi connectivity index (χ1v) is 35.8. The summed E-state index contributed by atoms with van der Waals surface area (Å²) < 4.78 is 88.4. The molecule has 6 aliphatic rings. The summed E-state index contributed by atoms with van der Waals surface area (Å²) in [5.41, 5.74) is -3.54. The van der Waals surface area contributed by atoms with Crippen LogP contribution in [-0.4, -0.2) is 257 Å².